The number of rotatable bonds is 4. The van der Waals surface area contributed by atoms with Crippen LogP contribution in [0, 0.1) is 0 Å². The van der Waals surface area contributed by atoms with Crippen LogP contribution in [0.5, 0.6) is 0 Å². The largest absolute Gasteiger partial charge is 0.325 e. The van der Waals surface area contributed by atoms with Crippen molar-refractivity contribution >= 4 is 35.1 Å². The van der Waals surface area contributed by atoms with Crippen LogP contribution in [0.2, 0.25) is 0 Å². The topological polar surface area (TPSA) is 29.1 Å². The van der Waals surface area contributed by atoms with Gasteiger partial charge in [0.25, 0.3) is 0 Å². The Kier molecular flexibility index (Phi) is 5.45. The van der Waals surface area contributed by atoms with E-state index in [0.717, 1.165) is 30.0 Å². The molecule has 2 rings (SSSR count). The molecule has 0 radical (unpaired) electrons. The Morgan fingerprint density at radius 1 is 1.33 bits per heavy atom. The van der Waals surface area contributed by atoms with Crippen molar-refractivity contribution in [2.45, 2.75) is 25.0 Å². The molecule has 1 heterocycles. The van der Waals surface area contributed by atoms with Crippen LogP contribution in [-0.2, 0) is 11.2 Å². The molecular formula is C14H19NOS2. The lowest BCUT2D eigenvalue weighted by Gasteiger charge is -2.20. The monoisotopic (exact) mass is 281 g/mol. The van der Waals surface area contributed by atoms with E-state index in [2.05, 4.69) is 24.4 Å². The second kappa shape index (κ2) is 7.10. The summed E-state index contributed by atoms with van der Waals surface area (Å²) in [6, 6.07) is 8.21. The van der Waals surface area contributed by atoms with Crippen LogP contribution in [0.25, 0.3) is 0 Å². The molecule has 0 aromatic heterocycles. The van der Waals surface area contributed by atoms with E-state index in [1.807, 2.05) is 23.9 Å². The minimum Gasteiger partial charge on any atom is -0.325 e. The number of anilines is 1. The summed E-state index contributed by atoms with van der Waals surface area (Å²) in [7, 11) is 0. The first kappa shape index (κ1) is 13.8. The van der Waals surface area contributed by atoms with E-state index in [9.17, 15) is 4.79 Å². The molecule has 1 atom stereocenters. The molecule has 0 spiro atoms. The van der Waals surface area contributed by atoms with Gasteiger partial charge in [0, 0.05) is 22.9 Å². The average Bonchev–Trinajstić information content (AvgIpc) is 2.42. The third kappa shape index (κ3) is 3.95. The quantitative estimate of drug-likeness (QED) is 0.917. The van der Waals surface area contributed by atoms with Crippen molar-refractivity contribution < 1.29 is 4.79 Å². The van der Waals surface area contributed by atoms with Crippen LogP contribution in [-0.4, -0.2) is 28.4 Å². The highest BCUT2D eigenvalue weighted by atomic mass is 32.2. The maximum atomic E-state index is 12.0. The molecule has 4 heteroatoms. The fraction of sp³-hybridized carbons (Fsp3) is 0.500. The van der Waals surface area contributed by atoms with Crippen LogP contribution in [0.4, 0.5) is 5.69 Å². The number of amides is 1. The van der Waals surface area contributed by atoms with Gasteiger partial charge in [0.05, 0.1) is 5.25 Å². The predicted octanol–water partition coefficient (Wildman–Crippen LogP) is 3.43. The van der Waals surface area contributed by atoms with Gasteiger partial charge in [-0.2, -0.15) is 11.8 Å². The highest BCUT2D eigenvalue weighted by molar-refractivity contribution is 8.07. The van der Waals surface area contributed by atoms with Crippen molar-refractivity contribution in [2.75, 3.05) is 22.6 Å². The average molecular weight is 281 g/mol. The van der Waals surface area contributed by atoms with Crippen LogP contribution in [0.15, 0.2) is 24.3 Å². The lowest BCUT2D eigenvalue weighted by atomic mass is 10.1. The number of aryl methyl sites for hydroxylation is 1. The third-order valence-corrected chi connectivity index (χ3v) is 5.62. The molecule has 1 aromatic rings. The summed E-state index contributed by atoms with van der Waals surface area (Å²) < 4.78 is 0. The molecule has 1 unspecified atom stereocenters. The highest BCUT2D eigenvalue weighted by Crippen LogP contribution is 2.25. The molecule has 18 heavy (non-hydrogen) atoms. The fourth-order valence-electron chi connectivity index (χ4n) is 1.91. The molecule has 1 aliphatic heterocycles. The van der Waals surface area contributed by atoms with Gasteiger partial charge in [-0.3, -0.25) is 4.79 Å². The summed E-state index contributed by atoms with van der Waals surface area (Å²) in [5, 5.41) is 3.12. The zero-order valence-corrected chi connectivity index (χ0v) is 12.3. The van der Waals surface area contributed by atoms with Gasteiger partial charge in [-0.05, 0) is 24.1 Å². The summed E-state index contributed by atoms with van der Waals surface area (Å²) in [4.78, 5) is 12.0. The van der Waals surface area contributed by atoms with Gasteiger partial charge in [-0.1, -0.05) is 25.5 Å². The van der Waals surface area contributed by atoms with Gasteiger partial charge in [0.2, 0.25) is 5.91 Å². The zero-order valence-electron chi connectivity index (χ0n) is 10.6. The maximum Gasteiger partial charge on any atom is 0.238 e. The number of hydrogen-bond acceptors (Lipinski definition) is 3. The Bertz CT molecular complexity index is 385. The molecule has 1 aromatic carbocycles. The van der Waals surface area contributed by atoms with Gasteiger partial charge >= 0.3 is 0 Å². The minimum atomic E-state index is 0.110. The van der Waals surface area contributed by atoms with Crippen molar-refractivity contribution in [2.24, 2.45) is 0 Å². The molecule has 1 saturated heterocycles. The van der Waals surface area contributed by atoms with Gasteiger partial charge in [0.15, 0.2) is 0 Å². The van der Waals surface area contributed by atoms with E-state index in [1.54, 1.807) is 11.8 Å². The van der Waals surface area contributed by atoms with Crippen molar-refractivity contribution in [1.82, 2.24) is 0 Å². The van der Waals surface area contributed by atoms with Gasteiger partial charge < -0.3 is 5.32 Å². The molecule has 0 bridgehead atoms. The van der Waals surface area contributed by atoms with E-state index in [1.165, 1.54) is 11.3 Å². The van der Waals surface area contributed by atoms with Crippen molar-refractivity contribution in [3.05, 3.63) is 29.8 Å². The Morgan fingerprint density at radius 2 is 2.11 bits per heavy atom. The fourth-order valence-corrected chi connectivity index (χ4v) is 4.46. The Labute approximate surface area is 117 Å². The lowest BCUT2D eigenvalue weighted by Crippen LogP contribution is -2.30. The third-order valence-electron chi connectivity index (χ3n) is 2.87. The van der Waals surface area contributed by atoms with Gasteiger partial charge in [-0.15, -0.1) is 11.8 Å². The van der Waals surface area contributed by atoms with Crippen LogP contribution >= 0.6 is 23.5 Å². The van der Waals surface area contributed by atoms with Gasteiger partial charge in [-0.25, -0.2) is 0 Å². The zero-order chi connectivity index (χ0) is 12.8. The second-order valence-electron chi connectivity index (χ2n) is 4.37. The van der Waals surface area contributed by atoms with Gasteiger partial charge in [0.1, 0.15) is 0 Å². The van der Waals surface area contributed by atoms with E-state index in [0.29, 0.717) is 0 Å². The second-order valence-corrected chi connectivity index (χ2v) is 6.83. The molecule has 1 amide bonds. The molecule has 98 valence electrons. The first-order valence-electron chi connectivity index (χ1n) is 6.38. The summed E-state index contributed by atoms with van der Waals surface area (Å²) in [5.74, 6) is 3.33. The normalized spacial score (nSPS) is 19.5. The summed E-state index contributed by atoms with van der Waals surface area (Å²) >= 11 is 3.64. The predicted molar refractivity (Wildman–Crippen MR) is 82.6 cm³/mol. The number of carbonyl (C=O) groups excluding carboxylic acids is 1. The molecule has 0 aliphatic carbocycles. The number of benzene rings is 1. The Balaban J connectivity index is 1.89. The van der Waals surface area contributed by atoms with E-state index < -0.39 is 0 Å². The number of thioether (sulfide) groups is 2. The van der Waals surface area contributed by atoms with E-state index in [4.69, 9.17) is 0 Å². The molecule has 0 saturated carbocycles. The summed E-state index contributed by atoms with van der Waals surface area (Å²) in [6.07, 6.45) is 2.25. The summed E-state index contributed by atoms with van der Waals surface area (Å²) in [5.41, 5.74) is 2.24. The van der Waals surface area contributed by atoms with Crippen molar-refractivity contribution in [1.29, 1.82) is 0 Å². The number of carbonyl (C=O) groups is 1. The van der Waals surface area contributed by atoms with E-state index >= 15 is 0 Å². The lowest BCUT2D eigenvalue weighted by molar-refractivity contribution is -0.115. The van der Waals surface area contributed by atoms with Crippen LogP contribution in [0.1, 0.15) is 18.9 Å². The molecule has 2 nitrogen and oxygen atoms in total. The maximum absolute atomic E-state index is 12.0. The standard InChI is InChI=1S/C14H19NOS2/c1-2-3-11-4-6-12(7-5-11)15-14(16)13-10-17-8-9-18-13/h4-7,13H,2-3,8-10H2,1H3,(H,15,16). The van der Waals surface area contributed by atoms with Crippen molar-refractivity contribution in [3.63, 3.8) is 0 Å². The highest BCUT2D eigenvalue weighted by Gasteiger charge is 2.21. The molecule has 1 aliphatic rings. The van der Waals surface area contributed by atoms with Crippen LogP contribution < -0.4 is 5.32 Å². The summed E-state index contributed by atoms with van der Waals surface area (Å²) in [6.45, 7) is 2.17. The first-order valence-corrected chi connectivity index (χ1v) is 8.59. The SMILES string of the molecule is CCCc1ccc(NC(=O)C2CSCCS2)cc1. The Hall–Kier alpha value is -0.610. The molecule has 1 fully saturated rings. The van der Waals surface area contributed by atoms with E-state index in [-0.39, 0.29) is 11.2 Å². The Morgan fingerprint density at radius 3 is 2.72 bits per heavy atom. The number of hydrogen-bond donors (Lipinski definition) is 1. The minimum absolute atomic E-state index is 0.110. The first-order chi connectivity index (χ1) is 8.79. The number of nitrogens with one attached hydrogen (secondary N) is 1. The molecule has 1 N–H and O–H groups in total. The van der Waals surface area contributed by atoms with Crippen LogP contribution in [0.3, 0.4) is 0 Å². The smallest absolute Gasteiger partial charge is 0.238 e. The molecular weight excluding hydrogens is 262 g/mol. The van der Waals surface area contributed by atoms with Crippen molar-refractivity contribution in [3.8, 4) is 0 Å².